The Balaban J connectivity index is 1.37. The lowest BCUT2D eigenvalue weighted by molar-refractivity contribution is -0.141. The molecule has 9 heteroatoms. The van der Waals surface area contributed by atoms with Crippen LogP contribution in [-0.2, 0) is 21.4 Å². The second-order valence-corrected chi connectivity index (χ2v) is 11.3. The molecule has 1 aromatic heterocycles. The summed E-state index contributed by atoms with van der Waals surface area (Å²) in [6, 6.07) is 16.0. The summed E-state index contributed by atoms with van der Waals surface area (Å²) >= 11 is 0. The predicted octanol–water partition coefficient (Wildman–Crippen LogP) is 4.78. The van der Waals surface area contributed by atoms with E-state index in [1.54, 1.807) is 29.5 Å². The molecule has 1 aliphatic heterocycles. The molecule has 2 aliphatic rings. The molecule has 0 spiro atoms. The molecule has 1 saturated heterocycles. The summed E-state index contributed by atoms with van der Waals surface area (Å²) in [6.45, 7) is 2.00. The van der Waals surface area contributed by atoms with E-state index in [-0.39, 0.29) is 36.2 Å². The van der Waals surface area contributed by atoms with Crippen molar-refractivity contribution >= 4 is 34.4 Å². The molecular weight excluding hydrogens is 523 g/mol. The van der Waals surface area contributed by atoms with Crippen LogP contribution in [-0.4, -0.2) is 59.2 Å². The van der Waals surface area contributed by atoms with E-state index in [9.17, 15) is 18.8 Å². The van der Waals surface area contributed by atoms with Gasteiger partial charge in [-0.2, -0.15) is 0 Å². The fourth-order valence-electron chi connectivity index (χ4n) is 6.61. The van der Waals surface area contributed by atoms with Gasteiger partial charge < -0.3 is 25.3 Å². The van der Waals surface area contributed by atoms with E-state index < -0.39 is 24.7 Å². The third kappa shape index (κ3) is 5.86. The van der Waals surface area contributed by atoms with E-state index in [1.807, 2.05) is 48.5 Å². The Labute approximate surface area is 240 Å². The number of halogens is 1. The molecule has 1 unspecified atom stereocenters. The summed E-state index contributed by atoms with van der Waals surface area (Å²) < 4.78 is 20.0. The van der Waals surface area contributed by atoms with Crippen LogP contribution in [0.2, 0.25) is 0 Å². The highest BCUT2D eigenvalue weighted by atomic mass is 19.1. The molecule has 2 fully saturated rings. The summed E-state index contributed by atoms with van der Waals surface area (Å²) in [4.78, 5) is 41.9. The molecule has 1 aliphatic carbocycles. The number of carbonyl (C=O) groups is 3. The Morgan fingerprint density at radius 3 is 2.46 bits per heavy atom. The fraction of sp³-hybridized carbons (Fsp3) is 0.469. The third-order valence-corrected chi connectivity index (χ3v) is 8.88. The number of fused-ring (bicyclic) bond motifs is 1. The van der Waals surface area contributed by atoms with E-state index in [0.29, 0.717) is 37.2 Å². The number of nitrogens with two attached hydrogens (primary N) is 1. The van der Waals surface area contributed by atoms with Gasteiger partial charge in [0.05, 0.1) is 6.61 Å². The highest BCUT2D eigenvalue weighted by Crippen LogP contribution is 2.38. The molecule has 2 aromatic carbocycles. The molecule has 3 aromatic rings. The van der Waals surface area contributed by atoms with Crippen LogP contribution in [0.1, 0.15) is 61.0 Å². The Morgan fingerprint density at radius 2 is 1.78 bits per heavy atom. The first-order chi connectivity index (χ1) is 19.8. The molecule has 0 bridgehead atoms. The van der Waals surface area contributed by atoms with Crippen molar-refractivity contribution in [2.24, 2.45) is 24.6 Å². The zero-order valence-corrected chi connectivity index (χ0v) is 23.7. The van der Waals surface area contributed by atoms with Gasteiger partial charge in [0, 0.05) is 48.1 Å². The Bertz CT molecular complexity index is 1400. The average molecular weight is 563 g/mol. The van der Waals surface area contributed by atoms with E-state index in [4.69, 9.17) is 10.5 Å². The molecule has 2 heterocycles. The third-order valence-electron chi connectivity index (χ3n) is 8.88. The molecule has 41 heavy (non-hydrogen) atoms. The van der Waals surface area contributed by atoms with Crippen molar-refractivity contribution in [3.05, 3.63) is 65.9 Å². The zero-order chi connectivity index (χ0) is 29.1. The second kappa shape index (κ2) is 12.4. The van der Waals surface area contributed by atoms with Crippen LogP contribution in [0.4, 0.5) is 10.1 Å². The van der Waals surface area contributed by atoms with Crippen molar-refractivity contribution in [2.75, 3.05) is 25.1 Å². The fourth-order valence-corrected chi connectivity index (χ4v) is 6.61. The van der Waals surface area contributed by atoms with Crippen molar-refractivity contribution < 1.29 is 23.5 Å². The zero-order valence-electron chi connectivity index (χ0n) is 23.7. The van der Waals surface area contributed by atoms with Gasteiger partial charge in [-0.3, -0.25) is 9.59 Å². The molecule has 1 saturated carbocycles. The average Bonchev–Trinajstić information content (AvgIpc) is 3.58. The van der Waals surface area contributed by atoms with Gasteiger partial charge in [-0.25, -0.2) is 9.18 Å². The summed E-state index contributed by atoms with van der Waals surface area (Å²) in [7, 11) is 1.80. The minimum Gasteiger partial charge on any atom is -0.461 e. The first-order valence-electron chi connectivity index (χ1n) is 14.6. The number of alkyl halides is 1. The van der Waals surface area contributed by atoms with Gasteiger partial charge in [0.15, 0.2) is 0 Å². The lowest BCUT2D eigenvalue weighted by atomic mass is 9.78. The van der Waals surface area contributed by atoms with Gasteiger partial charge in [-0.05, 0) is 74.8 Å². The van der Waals surface area contributed by atoms with Crippen LogP contribution < -0.4 is 11.1 Å². The van der Waals surface area contributed by atoms with Gasteiger partial charge in [-0.15, -0.1) is 0 Å². The topological polar surface area (TPSA) is 107 Å². The molecule has 2 amide bonds. The molecule has 3 atom stereocenters. The van der Waals surface area contributed by atoms with Crippen molar-refractivity contribution in [3.63, 3.8) is 0 Å². The molecule has 5 rings (SSSR count). The van der Waals surface area contributed by atoms with E-state index in [1.165, 1.54) is 0 Å². The largest absolute Gasteiger partial charge is 0.461 e. The number of amides is 2. The quantitative estimate of drug-likeness (QED) is 0.385. The highest BCUT2D eigenvalue weighted by molar-refractivity contribution is 6.01. The molecule has 0 radical (unpaired) electrons. The number of ether oxygens (including phenoxy) is 1. The number of rotatable bonds is 8. The summed E-state index contributed by atoms with van der Waals surface area (Å²) in [5.74, 6) is -0.872. The number of hydrogen-bond acceptors (Lipinski definition) is 5. The lowest BCUT2D eigenvalue weighted by Crippen LogP contribution is -2.48. The van der Waals surface area contributed by atoms with Gasteiger partial charge in [0.2, 0.25) is 11.8 Å². The van der Waals surface area contributed by atoms with Crippen molar-refractivity contribution in [1.29, 1.82) is 0 Å². The Morgan fingerprint density at radius 1 is 1.05 bits per heavy atom. The maximum absolute atomic E-state index is 13.9. The minimum atomic E-state index is -0.655. The van der Waals surface area contributed by atoms with Crippen molar-refractivity contribution in [3.8, 4) is 0 Å². The van der Waals surface area contributed by atoms with E-state index in [0.717, 1.165) is 29.3 Å². The number of benzene rings is 2. The second-order valence-electron chi connectivity index (χ2n) is 11.3. The number of aromatic nitrogens is 1. The summed E-state index contributed by atoms with van der Waals surface area (Å²) in [6.07, 6.45) is 3.45. The lowest BCUT2D eigenvalue weighted by Gasteiger charge is -2.35. The number of carbonyl (C=O) groups excluding carboxylic acids is 3. The predicted molar refractivity (Wildman–Crippen MR) is 156 cm³/mol. The standard InChI is InChI=1S/C32H39FN4O4/c1-3-41-32(40)28-18-23-17-24(13-14-27(23)36(28)2)35-30(38)29-25(20-7-5-4-6-8-20)15-16-37(29)31(39)22-11-9-21(10-12-22)26(34)19-33/h4-8,13-14,17-18,21-22,25-26,29H,3,9-12,15-16,19,34H2,1-2H3,(H,35,38)/t21-,22-,25-,26?,29+/m1/s1. The van der Waals surface area contributed by atoms with Crippen LogP contribution in [0.3, 0.4) is 0 Å². The smallest absolute Gasteiger partial charge is 0.354 e. The molecule has 8 nitrogen and oxygen atoms in total. The molecule has 3 N–H and O–H groups in total. The normalized spacial score (nSPS) is 23.4. The molecule has 218 valence electrons. The van der Waals surface area contributed by atoms with E-state index >= 15 is 0 Å². The number of aryl methyl sites for hydroxylation is 1. The first-order valence-corrected chi connectivity index (χ1v) is 14.6. The number of nitrogens with zero attached hydrogens (tertiary/aromatic N) is 2. The monoisotopic (exact) mass is 562 g/mol. The number of esters is 1. The SMILES string of the molecule is CCOC(=O)c1cc2cc(NC(=O)[C@@H]3[C@@H](c4ccccc4)CCN3C(=O)[C@H]3CC[C@H](C(N)CF)CC3)ccc2n1C. The Kier molecular flexibility index (Phi) is 8.73. The molecular formula is C32H39FN4O4. The summed E-state index contributed by atoms with van der Waals surface area (Å²) in [5, 5.41) is 3.86. The van der Waals surface area contributed by atoms with Gasteiger partial charge in [-0.1, -0.05) is 30.3 Å². The highest BCUT2D eigenvalue weighted by Gasteiger charge is 2.44. The number of likely N-dealkylation sites (tertiary alicyclic amines) is 1. The summed E-state index contributed by atoms with van der Waals surface area (Å²) in [5.41, 5.74) is 8.83. The minimum absolute atomic E-state index is 0.00607. The van der Waals surface area contributed by atoms with Crippen LogP contribution in [0.25, 0.3) is 10.9 Å². The van der Waals surface area contributed by atoms with E-state index in [2.05, 4.69) is 5.32 Å². The Hall–Kier alpha value is -3.72. The maximum atomic E-state index is 13.9. The maximum Gasteiger partial charge on any atom is 0.354 e. The number of hydrogen-bond donors (Lipinski definition) is 2. The van der Waals surface area contributed by atoms with Crippen LogP contribution >= 0.6 is 0 Å². The first kappa shape index (κ1) is 28.8. The van der Waals surface area contributed by atoms with Gasteiger partial charge in [0.25, 0.3) is 0 Å². The van der Waals surface area contributed by atoms with Crippen LogP contribution in [0.5, 0.6) is 0 Å². The van der Waals surface area contributed by atoms with Gasteiger partial charge >= 0.3 is 5.97 Å². The van der Waals surface area contributed by atoms with Crippen molar-refractivity contribution in [2.45, 2.75) is 57.0 Å². The van der Waals surface area contributed by atoms with Crippen molar-refractivity contribution in [1.82, 2.24) is 9.47 Å². The van der Waals surface area contributed by atoms with Gasteiger partial charge in [0.1, 0.15) is 18.4 Å². The number of anilines is 1. The van der Waals surface area contributed by atoms with Crippen LogP contribution in [0.15, 0.2) is 54.6 Å². The van der Waals surface area contributed by atoms with Crippen LogP contribution in [0, 0.1) is 11.8 Å². The number of nitrogens with one attached hydrogen (secondary N) is 1.